The zero-order valence-corrected chi connectivity index (χ0v) is 12.4. The van der Waals surface area contributed by atoms with Crippen LogP contribution in [0.3, 0.4) is 0 Å². The molecule has 2 aromatic rings. The summed E-state index contributed by atoms with van der Waals surface area (Å²) in [5.74, 6) is 0.833. The molecule has 1 unspecified atom stereocenters. The van der Waals surface area contributed by atoms with E-state index < -0.39 is 0 Å². The largest absolute Gasteiger partial charge is 0.339 e. The Bertz CT molecular complexity index is 606. The molecule has 0 spiro atoms. The molecule has 0 radical (unpaired) electrons. The van der Waals surface area contributed by atoms with Gasteiger partial charge in [-0.25, -0.2) is 4.68 Å². The van der Waals surface area contributed by atoms with Crippen LogP contribution < -0.4 is 0 Å². The number of nitrogens with zero attached hydrogens (tertiary/aromatic N) is 3. The van der Waals surface area contributed by atoms with Crippen molar-refractivity contribution in [1.29, 1.82) is 0 Å². The second-order valence-electron chi connectivity index (χ2n) is 5.80. The Balaban J connectivity index is 1.88. The Morgan fingerprint density at radius 2 is 2.05 bits per heavy atom. The number of amides is 1. The number of benzene rings is 1. The SMILES string of the molecule is CC1CCCN(C(=O)c2ccccc2-n2cccn2)CC1. The molecule has 1 aliphatic heterocycles. The van der Waals surface area contributed by atoms with Gasteiger partial charge in [0.05, 0.1) is 11.3 Å². The van der Waals surface area contributed by atoms with Crippen LogP contribution in [0.25, 0.3) is 5.69 Å². The molecule has 1 saturated heterocycles. The minimum atomic E-state index is 0.121. The van der Waals surface area contributed by atoms with Gasteiger partial charge >= 0.3 is 0 Å². The number of hydrogen-bond acceptors (Lipinski definition) is 2. The molecule has 1 aromatic heterocycles. The van der Waals surface area contributed by atoms with Crippen LogP contribution in [0, 0.1) is 5.92 Å². The van der Waals surface area contributed by atoms with E-state index in [0.717, 1.165) is 37.2 Å². The van der Waals surface area contributed by atoms with Crippen molar-refractivity contribution in [1.82, 2.24) is 14.7 Å². The number of likely N-dealkylation sites (tertiary alicyclic amines) is 1. The van der Waals surface area contributed by atoms with E-state index in [-0.39, 0.29) is 5.91 Å². The molecular weight excluding hydrogens is 262 g/mol. The number of carbonyl (C=O) groups excluding carboxylic acids is 1. The van der Waals surface area contributed by atoms with Crippen molar-refractivity contribution in [2.45, 2.75) is 26.2 Å². The minimum Gasteiger partial charge on any atom is -0.339 e. The van der Waals surface area contributed by atoms with E-state index in [4.69, 9.17) is 0 Å². The summed E-state index contributed by atoms with van der Waals surface area (Å²) >= 11 is 0. The van der Waals surface area contributed by atoms with Crippen LogP contribution in [-0.4, -0.2) is 33.7 Å². The van der Waals surface area contributed by atoms with E-state index in [1.807, 2.05) is 41.4 Å². The number of hydrogen-bond donors (Lipinski definition) is 0. The lowest BCUT2D eigenvalue weighted by molar-refractivity contribution is 0.0760. The van der Waals surface area contributed by atoms with Crippen molar-refractivity contribution >= 4 is 5.91 Å². The van der Waals surface area contributed by atoms with Gasteiger partial charge in [-0.1, -0.05) is 19.1 Å². The third-order valence-corrected chi connectivity index (χ3v) is 4.19. The standard InChI is InChI=1S/C17H21N3O/c1-14-6-4-11-19(13-9-14)17(21)15-7-2-3-8-16(15)20-12-5-10-18-20/h2-3,5,7-8,10,12,14H,4,6,9,11,13H2,1H3. The molecule has 1 amide bonds. The van der Waals surface area contributed by atoms with Crippen LogP contribution in [-0.2, 0) is 0 Å². The van der Waals surface area contributed by atoms with Gasteiger partial charge in [0.15, 0.2) is 0 Å². The smallest absolute Gasteiger partial charge is 0.256 e. The summed E-state index contributed by atoms with van der Waals surface area (Å²) in [4.78, 5) is 14.9. The van der Waals surface area contributed by atoms with E-state index in [2.05, 4.69) is 12.0 Å². The maximum Gasteiger partial charge on any atom is 0.256 e. The highest BCUT2D eigenvalue weighted by molar-refractivity contribution is 5.97. The van der Waals surface area contributed by atoms with Gasteiger partial charge in [-0.15, -0.1) is 0 Å². The first kappa shape index (κ1) is 13.9. The van der Waals surface area contributed by atoms with Crippen molar-refractivity contribution in [3.63, 3.8) is 0 Å². The van der Waals surface area contributed by atoms with Gasteiger partial charge in [-0.2, -0.15) is 5.10 Å². The topological polar surface area (TPSA) is 38.1 Å². The third kappa shape index (κ3) is 2.99. The molecule has 0 N–H and O–H groups in total. The van der Waals surface area contributed by atoms with E-state index >= 15 is 0 Å². The van der Waals surface area contributed by atoms with E-state index in [9.17, 15) is 4.79 Å². The average molecular weight is 283 g/mol. The highest BCUT2D eigenvalue weighted by atomic mass is 16.2. The summed E-state index contributed by atoms with van der Waals surface area (Å²) in [6.45, 7) is 3.98. The molecule has 1 aromatic carbocycles. The molecule has 0 saturated carbocycles. The minimum absolute atomic E-state index is 0.121. The summed E-state index contributed by atoms with van der Waals surface area (Å²) in [5.41, 5.74) is 1.58. The lowest BCUT2D eigenvalue weighted by Crippen LogP contribution is -2.32. The predicted molar refractivity (Wildman–Crippen MR) is 82.5 cm³/mol. The maximum absolute atomic E-state index is 12.9. The van der Waals surface area contributed by atoms with Crippen LogP contribution in [0.2, 0.25) is 0 Å². The predicted octanol–water partition coefficient (Wildman–Crippen LogP) is 3.13. The molecule has 1 atom stereocenters. The van der Waals surface area contributed by atoms with Crippen LogP contribution in [0.4, 0.5) is 0 Å². The first-order chi connectivity index (χ1) is 10.3. The zero-order chi connectivity index (χ0) is 14.7. The van der Waals surface area contributed by atoms with Gasteiger partial charge < -0.3 is 4.90 Å². The fourth-order valence-corrected chi connectivity index (χ4v) is 2.90. The monoisotopic (exact) mass is 283 g/mol. The fourth-order valence-electron chi connectivity index (χ4n) is 2.90. The van der Waals surface area contributed by atoms with Crippen molar-refractivity contribution < 1.29 is 4.79 Å². The van der Waals surface area contributed by atoms with Crippen LogP contribution in [0.1, 0.15) is 36.5 Å². The normalized spacial score (nSPS) is 19.3. The van der Waals surface area contributed by atoms with Crippen molar-refractivity contribution in [3.05, 3.63) is 48.3 Å². The summed E-state index contributed by atoms with van der Waals surface area (Å²) in [7, 11) is 0. The summed E-state index contributed by atoms with van der Waals surface area (Å²) < 4.78 is 1.76. The average Bonchev–Trinajstić information content (AvgIpc) is 2.96. The highest BCUT2D eigenvalue weighted by Gasteiger charge is 2.22. The summed E-state index contributed by atoms with van der Waals surface area (Å²) in [6, 6.07) is 9.57. The van der Waals surface area contributed by atoms with E-state index in [1.54, 1.807) is 10.9 Å². The molecule has 1 fully saturated rings. The number of aromatic nitrogens is 2. The van der Waals surface area contributed by atoms with Gasteiger partial charge in [0.1, 0.15) is 0 Å². The molecule has 21 heavy (non-hydrogen) atoms. The number of rotatable bonds is 2. The van der Waals surface area contributed by atoms with E-state index in [1.165, 1.54) is 6.42 Å². The molecule has 2 heterocycles. The molecule has 3 rings (SSSR count). The molecule has 4 nitrogen and oxygen atoms in total. The quantitative estimate of drug-likeness (QED) is 0.849. The highest BCUT2D eigenvalue weighted by Crippen LogP contribution is 2.21. The molecule has 0 aliphatic carbocycles. The van der Waals surface area contributed by atoms with Crippen LogP contribution in [0.15, 0.2) is 42.7 Å². The second kappa shape index (κ2) is 6.12. The lowest BCUT2D eigenvalue weighted by atomic mass is 10.0. The van der Waals surface area contributed by atoms with Gasteiger partial charge in [-0.05, 0) is 43.4 Å². The molecule has 1 aliphatic rings. The first-order valence-corrected chi connectivity index (χ1v) is 7.64. The molecular formula is C17H21N3O. The van der Waals surface area contributed by atoms with E-state index in [0.29, 0.717) is 5.92 Å². The van der Waals surface area contributed by atoms with Gasteiger partial charge in [0.25, 0.3) is 5.91 Å². The second-order valence-corrected chi connectivity index (χ2v) is 5.80. The summed E-state index contributed by atoms with van der Waals surface area (Å²) in [5, 5.41) is 4.25. The Morgan fingerprint density at radius 1 is 1.19 bits per heavy atom. The van der Waals surface area contributed by atoms with Gasteiger partial charge in [-0.3, -0.25) is 4.79 Å². The molecule has 110 valence electrons. The third-order valence-electron chi connectivity index (χ3n) is 4.19. The zero-order valence-electron chi connectivity index (χ0n) is 12.4. The Morgan fingerprint density at radius 3 is 2.86 bits per heavy atom. The summed E-state index contributed by atoms with van der Waals surface area (Å²) in [6.07, 6.45) is 7.00. The van der Waals surface area contributed by atoms with Gasteiger partial charge in [0.2, 0.25) is 0 Å². The Labute approximate surface area is 125 Å². The lowest BCUT2D eigenvalue weighted by Gasteiger charge is -2.22. The van der Waals surface area contributed by atoms with Crippen LogP contribution >= 0.6 is 0 Å². The molecule has 4 heteroatoms. The number of carbonyl (C=O) groups is 1. The molecule has 0 bridgehead atoms. The maximum atomic E-state index is 12.9. The van der Waals surface area contributed by atoms with Crippen molar-refractivity contribution in [2.24, 2.45) is 5.92 Å². The van der Waals surface area contributed by atoms with Crippen molar-refractivity contribution in [2.75, 3.05) is 13.1 Å². The Kier molecular flexibility index (Phi) is 4.04. The van der Waals surface area contributed by atoms with Crippen molar-refractivity contribution in [3.8, 4) is 5.69 Å². The number of para-hydroxylation sites is 1. The first-order valence-electron chi connectivity index (χ1n) is 7.64. The van der Waals surface area contributed by atoms with Gasteiger partial charge in [0, 0.05) is 25.5 Å². The fraction of sp³-hybridized carbons (Fsp3) is 0.412. The van der Waals surface area contributed by atoms with Crippen LogP contribution in [0.5, 0.6) is 0 Å². The Hall–Kier alpha value is -2.10.